The Morgan fingerprint density at radius 2 is 1.81 bits per heavy atom. The number of rotatable bonds is 8. The summed E-state index contributed by atoms with van der Waals surface area (Å²) in [6.45, 7) is 0.160. The minimum absolute atomic E-state index is 0.108. The minimum atomic E-state index is -0.445. The van der Waals surface area contributed by atoms with Gasteiger partial charge < -0.3 is 19.9 Å². The third-order valence-corrected chi connectivity index (χ3v) is 5.72. The molecule has 0 aliphatic carbocycles. The SMILES string of the molecule is COC(=O)c1ccc(NC(=O)CSc2nnc(CNC(=O)c3ccccc3Cl)n2C)cc1. The number of benzene rings is 2. The molecule has 1 aromatic heterocycles. The van der Waals surface area contributed by atoms with Crippen molar-refractivity contribution in [3.05, 3.63) is 70.5 Å². The number of nitrogens with one attached hydrogen (secondary N) is 2. The van der Waals surface area contributed by atoms with E-state index in [1.807, 2.05) is 0 Å². The quantitative estimate of drug-likeness (QED) is 0.381. The van der Waals surface area contributed by atoms with E-state index in [0.29, 0.717) is 32.8 Å². The summed E-state index contributed by atoms with van der Waals surface area (Å²) in [5, 5.41) is 14.5. The number of esters is 1. The molecule has 3 rings (SSSR count). The maximum absolute atomic E-state index is 12.3. The van der Waals surface area contributed by atoms with Crippen molar-refractivity contribution < 1.29 is 19.1 Å². The van der Waals surface area contributed by atoms with Gasteiger partial charge in [-0.3, -0.25) is 9.59 Å². The third-order valence-electron chi connectivity index (χ3n) is 4.37. The van der Waals surface area contributed by atoms with Gasteiger partial charge in [-0.25, -0.2) is 4.79 Å². The third kappa shape index (κ3) is 5.86. The van der Waals surface area contributed by atoms with Gasteiger partial charge in [-0.05, 0) is 36.4 Å². The van der Waals surface area contributed by atoms with Crippen molar-refractivity contribution in [1.82, 2.24) is 20.1 Å². The fraction of sp³-hybridized carbons (Fsp3) is 0.190. The molecule has 2 aromatic carbocycles. The summed E-state index contributed by atoms with van der Waals surface area (Å²) in [6.07, 6.45) is 0. The van der Waals surface area contributed by atoms with Gasteiger partial charge in [0.05, 0.1) is 35.6 Å². The summed E-state index contributed by atoms with van der Waals surface area (Å²) in [7, 11) is 3.06. The number of thioether (sulfide) groups is 1. The zero-order valence-electron chi connectivity index (χ0n) is 17.3. The number of ether oxygens (including phenoxy) is 1. The second-order valence-corrected chi connectivity index (χ2v) is 7.88. The van der Waals surface area contributed by atoms with Crippen LogP contribution in [0.5, 0.6) is 0 Å². The van der Waals surface area contributed by atoms with E-state index in [9.17, 15) is 14.4 Å². The highest BCUT2D eigenvalue weighted by Gasteiger charge is 2.14. The lowest BCUT2D eigenvalue weighted by molar-refractivity contribution is -0.113. The summed E-state index contributed by atoms with van der Waals surface area (Å²) in [6, 6.07) is 13.1. The highest BCUT2D eigenvalue weighted by atomic mass is 35.5. The Kier molecular flexibility index (Phi) is 7.85. The average Bonchev–Trinajstić information content (AvgIpc) is 3.15. The van der Waals surface area contributed by atoms with Crippen LogP contribution in [0.4, 0.5) is 5.69 Å². The largest absolute Gasteiger partial charge is 0.465 e. The molecule has 0 atom stereocenters. The molecule has 0 radical (unpaired) electrons. The smallest absolute Gasteiger partial charge is 0.337 e. The Bertz CT molecular complexity index is 1130. The Labute approximate surface area is 193 Å². The number of carbonyl (C=O) groups is 3. The monoisotopic (exact) mass is 473 g/mol. The van der Waals surface area contributed by atoms with Gasteiger partial charge in [-0.1, -0.05) is 35.5 Å². The summed E-state index contributed by atoms with van der Waals surface area (Å²) in [4.78, 5) is 36.0. The number of methoxy groups -OCH3 is 1. The fourth-order valence-electron chi connectivity index (χ4n) is 2.66. The fourth-order valence-corrected chi connectivity index (χ4v) is 3.61. The molecule has 0 spiro atoms. The molecule has 2 N–H and O–H groups in total. The van der Waals surface area contributed by atoms with Crippen molar-refractivity contribution >= 4 is 46.8 Å². The van der Waals surface area contributed by atoms with Crippen molar-refractivity contribution in [3.8, 4) is 0 Å². The van der Waals surface area contributed by atoms with Crippen molar-refractivity contribution in [2.24, 2.45) is 7.05 Å². The molecule has 0 saturated heterocycles. The number of hydrogen-bond acceptors (Lipinski definition) is 7. The number of amides is 2. The summed E-state index contributed by atoms with van der Waals surface area (Å²) in [5.74, 6) is -0.356. The molecule has 0 bridgehead atoms. The zero-order valence-corrected chi connectivity index (χ0v) is 18.9. The Hall–Kier alpha value is -3.37. The van der Waals surface area contributed by atoms with Crippen molar-refractivity contribution in [1.29, 1.82) is 0 Å². The van der Waals surface area contributed by atoms with Gasteiger partial charge in [-0.2, -0.15) is 0 Å². The molecule has 1 heterocycles. The summed E-state index contributed by atoms with van der Waals surface area (Å²) < 4.78 is 6.35. The maximum atomic E-state index is 12.3. The minimum Gasteiger partial charge on any atom is -0.465 e. The van der Waals surface area contributed by atoms with Gasteiger partial charge in [0.15, 0.2) is 11.0 Å². The molecular weight excluding hydrogens is 454 g/mol. The van der Waals surface area contributed by atoms with Gasteiger partial charge in [-0.15, -0.1) is 10.2 Å². The number of aromatic nitrogens is 3. The Morgan fingerprint density at radius 1 is 1.09 bits per heavy atom. The van der Waals surface area contributed by atoms with Gasteiger partial charge in [0.25, 0.3) is 5.91 Å². The molecule has 0 fully saturated rings. The molecule has 0 unspecified atom stereocenters. The molecule has 166 valence electrons. The topological polar surface area (TPSA) is 115 Å². The maximum Gasteiger partial charge on any atom is 0.337 e. The summed E-state index contributed by atoms with van der Waals surface area (Å²) in [5.41, 5.74) is 1.33. The zero-order chi connectivity index (χ0) is 23.1. The second kappa shape index (κ2) is 10.8. The normalized spacial score (nSPS) is 10.5. The van der Waals surface area contributed by atoms with E-state index in [4.69, 9.17) is 11.6 Å². The van der Waals surface area contributed by atoms with Crippen molar-refractivity contribution in [2.45, 2.75) is 11.7 Å². The lowest BCUT2D eigenvalue weighted by Gasteiger charge is -2.08. The Balaban J connectivity index is 1.51. The first-order chi connectivity index (χ1) is 15.4. The lowest BCUT2D eigenvalue weighted by Crippen LogP contribution is -2.24. The van der Waals surface area contributed by atoms with Crippen LogP contribution in [-0.2, 0) is 23.1 Å². The number of nitrogens with zero attached hydrogens (tertiary/aromatic N) is 3. The average molecular weight is 474 g/mol. The van der Waals surface area contributed by atoms with Crippen LogP contribution in [0.1, 0.15) is 26.5 Å². The molecular formula is C21H20ClN5O4S. The van der Waals surface area contributed by atoms with Crippen LogP contribution in [0.3, 0.4) is 0 Å². The predicted octanol–water partition coefficient (Wildman–Crippen LogP) is 2.92. The highest BCUT2D eigenvalue weighted by Crippen LogP contribution is 2.18. The molecule has 9 nitrogen and oxygen atoms in total. The first-order valence-corrected chi connectivity index (χ1v) is 10.8. The molecule has 0 saturated carbocycles. The van der Waals surface area contributed by atoms with Gasteiger partial charge in [0.1, 0.15) is 0 Å². The van der Waals surface area contributed by atoms with Crippen molar-refractivity contribution in [2.75, 3.05) is 18.2 Å². The molecule has 2 amide bonds. The standard InChI is InChI=1S/C21H20ClN5O4S/c1-27-17(11-23-19(29)15-5-3-4-6-16(15)22)25-26-21(27)32-12-18(28)24-14-9-7-13(8-10-14)20(30)31-2/h3-10H,11-12H2,1-2H3,(H,23,29)(H,24,28). The van der Waals surface area contributed by atoms with E-state index in [0.717, 1.165) is 0 Å². The van der Waals surface area contributed by atoms with Crippen LogP contribution in [0.2, 0.25) is 5.02 Å². The second-order valence-electron chi connectivity index (χ2n) is 6.53. The van der Waals surface area contributed by atoms with E-state index in [1.54, 1.807) is 60.1 Å². The summed E-state index contributed by atoms with van der Waals surface area (Å²) >= 11 is 7.25. The van der Waals surface area contributed by atoms with Crippen LogP contribution in [0, 0.1) is 0 Å². The van der Waals surface area contributed by atoms with E-state index >= 15 is 0 Å². The van der Waals surface area contributed by atoms with Crippen LogP contribution in [0.25, 0.3) is 0 Å². The molecule has 11 heteroatoms. The first kappa shape index (κ1) is 23.3. The van der Waals surface area contributed by atoms with Crippen LogP contribution >= 0.6 is 23.4 Å². The molecule has 32 heavy (non-hydrogen) atoms. The van der Waals surface area contributed by atoms with Crippen LogP contribution < -0.4 is 10.6 Å². The Morgan fingerprint density at radius 3 is 2.50 bits per heavy atom. The number of anilines is 1. The first-order valence-electron chi connectivity index (χ1n) is 9.41. The van der Waals surface area contributed by atoms with Gasteiger partial charge in [0, 0.05) is 12.7 Å². The molecule has 0 aliphatic rings. The van der Waals surface area contributed by atoms with E-state index in [1.165, 1.54) is 18.9 Å². The number of halogens is 1. The van der Waals surface area contributed by atoms with E-state index < -0.39 is 5.97 Å². The van der Waals surface area contributed by atoms with Crippen molar-refractivity contribution in [3.63, 3.8) is 0 Å². The lowest BCUT2D eigenvalue weighted by atomic mass is 10.2. The van der Waals surface area contributed by atoms with Gasteiger partial charge >= 0.3 is 5.97 Å². The van der Waals surface area contributed by atoms with E-state index in [2.05, 4.69) is 25.6 Å². The number of hydrogen-bond donors (Lipinski definition) is 2. The van der Waals surface area contributed by atoms with Gasteiger partial charge in [0.2, 0.25) is 5.91 Å². The highest BCUT2D eigenvalue weighted by molar-refractivity contribution is 7.99. The molecule has 0 aliphatic heterocycles. The van der Waals surface area contributed by atoms with E-state index in [-0.39, 0.29) is 24.1 Å². The predicted molar refractivity (Wildman–Crippen MR) is 121 cm³/mol. The van der Waals surface area contributed by atoms with Crippen LogP contribution in [0.15, 0.2) is 53.7 Å². The van der Waals surface area contributed by atoms with Crippen LogP contribution in [-0.4, -0.2) is 45.4 Å². The number of carbonyl (C=O) groups excluding carboxylic acids is 3. The molecule has 3 aromatic rings.